The molecule has 0 aromatic carbocycles. The molecule has 1 heterocycles. The average Bonchev–Trinajstić information content (AvgIpc) is 2.30. The van der Waals surface area contributed by atoms with Crippen molar-refractivity contribution in [3.05, 3.63) is 0 Å². The third-order valence-electron chi connectivity index (χ3n) is 2.54. The van der Waals surface area contributed by atoms with Crippen LogP contribution >= 0.6 is 0 Å². The highest BCUT2D eigenvalue weighted by molar-refractivity contribution is 5.91. The van der Waals surface area contributed by atoms with Gasteiger partial charge in [0.15, 0.2) is 0 Å². The van der Waals surface area contributed by atoms with Gasteiger partial charge in [-0.1, -0.05) is 6.92 Å². The number of hydrogen-bond donors (Lipinski definition) is 1. The van der Waals surface area contributed by atoms with Gasteiger partial charge in [0, 0.05) is 19.5 Å². The Balaban J connectivity index is 2.75. The first-order valence-electron chi connectivity index (χ1n) is 5.24. The van der Waals surface area contributed by atoms with Crippen LogP contribution in [0.3, 0.4) is 0 Å². The van der Waals surface area contributed by atoms with Crippen LogP contribution in [0, 0.1) is 0 Å². The van der Waals surface area contributed by atoms with Crippen LogP contribution in [0.25, 0.3) is 0 Å². The van der Waals surface area contributed by atoms with Crippen molar-refractivity contribution < 1.29 is 19.1 Å². The van der Waals surface area contributed by atoms with Gasteiger partial charge in [-0.25, -0.2) is 0 Å². The maximum atomic E-state index is 11.6. The topological polar surface area (TPSA) is 75.7 Å². The fourth-order valence-corrected chi connectivity index (χ4v) is 1.66. The lowest BCUT2D eigenvalue weighted by Crippen LogP contribution is -2.57. The highest BCUT2D eigenvalue weighted by atomic mass is 16.5. The van der Waals surface area contributed by atoms with Crippen LogP contribution in [0.1, 0.15) is 19.8 Å². The first kappa shape index (κ1) is 12.5. The molecule has 90 valence electrons. The molecule has 6 nitrogen and oxygen atoms in total. The molecule has 1 rings (SSSR count). The molecule has 2 amide bonds. The van der Waals surface area contributed by atoms with Gasteiger partial charge >= 0.3 is 5.97 Å². The summed E-state index contributed by atoms with van der Waals surface area (Å²) < 4.78 is 4.51. The van der Waals surface area contributed by atoms with Crippen LogP contribution in [0.2, 0.25) is 0 Å². The van der Waals surface area contributed by atoms with E-state index in [1.165, 1.54) is 12.0 Å². The average molecular weight is 228 g/mol. The van der Waals surface area contributed by atoms with Gasteiger partial charge in [0.05, 0.1) is 13.5 Å². The van der Waals surface area contributed by atoms with Gasteiger partial charge in [-0.2, -0.15) is 0 Å². The summed E-state index contributed by atoms with van der Waals surface area (Å²) >= 11 is 0. The Morgan fingerprint density at radius 2 is 2.25 bits per heavy atom. The Labute approximate surface area is 93.9 Å². The van der Waals surface area contributed by atoms with Crippen molar-refractivity contribution in [3.63, 3.8) is 0 Å². The molecule has 1 aliphatic rings. The molecule has 0 aromatic rings. The third-order valence-corrected chi connectivity index (χ3v) is 2.54. The van der Waals surface area contributed by atoms with Gasteiger partial charge in [-0.3, -0.25) is 14.4 Å². The molecule has 0 saturated carbocycles. The molecule has 0 spiro atoms. The lowest BCUT2D eigenvalue weighted by atomic mass is 10.1. The Morgan fingerprint density at radius 3 is 2.81 bits per heavy atom. The summed E-state index contributed by atoms with van der Waals surface area (Å²) in [5, 5.41) is 2.63. The van der Waals surface area contributed by atoms with Crippen LogP contribution in [-0.2, 0) is 19.1 Å². The van der Waals surface area contributed by atoms with E-state index in [2.05, 4.69) is 10.1 Å². The van der Waals surface area contributed by atoms with Crippen molar-refractivity contribution in [1.29, 1.82) is 0 Å². The van der Waals surface area contributed by atoms with E-state index in [0.717, 1.165) is 0 Å². The number of amides is 2. The number of hydrogen-bond acceptors (Lipinski definition) is 4. The molecular formula is C10H16N2O4. The van der Waals surface area contributed by atoms with E-state index in [-0.39, 0.29) is 18.2 Å². The van der Waals surface area contributed by atoms with Crippen LogP contribution < -0.4 is 5.32 Å². The van der Waals surface area contributed by atoms with Crippen LogP contribution in [0.5, 0.6) is 0 Å². The van der Waals surface area contributed by atoms with Crippen LogP contribution in [0.15, 0.2) is 0 Å². The smallest absolute Gasteiger partial charge is 0.308 e. The third kappa shape index (κ3) is 2.71. The number of methoxy groups -OCH3 is 1. The van der Waals surface area contributed by atoms with Gasteiger partial charge in [0.1, 0.15) is 6.04 Å². The van der Waals surface area contributed by atoms with Crippen molar-refractivity contribution in [2.75, 3.05) is 20.2 Å². The molecular weight excluding hydrogens is 212 g/mol. The second-order valence-electron chi connectivity index (χ2n) is 3.53. The second kappa shape index (κ2) is 5.48. The summed E-state index contributed by atoms with van der Waals surface area (Å²) in [4.78, 5) is 35.7. The van der Waals surface area contributed by atoms with Crippen molar-refractivity contribution >= 4 is 17.8 Å². The number of carbonyl (C=O) groups is 3. The predicted octanol–water partition coefficient (Wildman–Crippen LogP) is -0.713. The van der Waals surface area contributed by atoms with E-state index in [4.69, 9.17) is 0 Å². The molecule has 6 heteroatoms. The fourth-order valence-electron chi connectivity index (χ4n) is 1.66. The molecule has 1 aliphatic heterocycles. The lowest BCUT2D eigenvalue weighted by molar-refractivity contribution is -0.150. The van der Waals surface area contributed by atoms with Crippen molar-refractivity contribution in [2.24, 2.45) is 0 Å². The van der Waals surface area contributed by atoms with Crippen molar-refractivity contribution in [1.82, 2.24) is 10.2 Å². The Hall–Kier alpha value is -1.59. The highest BCUT2D eigenvalue weighted by Crippen LogP contribution is 2.11. The second-order valence-corrected chi connectivity index (χ2v) is 3.53. The maximum Gasteiger partial charge on any atom is 0.308 e. The highest BCUT2D eigenvalue weighted by Gasteiger charge is 2.34. The molecule has 1 N–H and O–H groups in total. The largest absolute Gasteiger partial charge is 0.469 e. The standard InChI is InChI=1S/C10H16N2O4/c1-3-8(13)12-5-4-11-10(15)7(12)6-9(14)16-2/h7H,3-6H2,1-2H3,(H,11,15)/t7-/m1/s1. The Morgan fingerprint density at radius 1 is 1.56 bits per heavy atom. The molecule has 0 aromatic heterocycles. The van der Waals surface area contributed by atoms with Gasteiger partial charge in [0.25, 0.3) is 0 Å². The van der Waals surface area contributed by atoms with Gasteiger partial charge in [0.2, 0.25) is 11.8 Å². The zero-order valence-electron chi connectivity index (χ0n) is 9.49. The predicted molar refractivity (Wildman–Crippen MR) is 55.4 cm³/mol. The van der Waals surface area contributed by atoms with Crippen LogP contribution in [0.4, 0.5) is 0 Å². The molecule has 16 heavy (non-hydrogen) atoms. The summed E-state index contributed by atoms with van der Waals surface area (Å²) in [7, 11) is 1.26. The number of esters is 1. The van der Waals surface area contributed by atoms with Crippen LogP contribution in [-0.4, -0.2) is 48.9 Å². The maximum absolute atomic E-state index is 11.6. The number of nitrogens with one attached hydrogen (secondary N) is 1. The summed E-state index contributed by atoms with van der Waals surface area (Å²) in [6.07, 6.45) is 0.235. The molecule has 0 radical (unpaired) electrons. The normalized spacial score (nSPS) is 20.2. The molecule has 0 aliphatic carbocycles. The van der Waals surface area contributed by atoms with Gasteiger partial charge < -0.3 is 15.0 Å². The first-order valence-corrected chi connectivity index (χ1v) is 5.24. The first-order chi connectivity index (χ1) is 7.60. The van der Waals surface area contributed by atoms with Crippen molar-refractivity contribution in [2.45, 2.75) is 25.8 Å². The van der Waals surface area contributed by atoms with E-state index >= 15 is 0 Å². The number of ether oxygens (including phenoxy) is 1. The minimum atomic E-state index is -0.728. The Kier molecular flexibility index (Phi) is 4.28. The number of carbonyl (C=O) groups excluding carboxylic acids is 3. The van der Waals surface area contributed by atoms with E-state index in [0.29, 0.717) is 19.5 Å². The van der Waals surface area contributed by atoms with Gasteiger partial charge in [-0.05, 0) is 0 Å². The molecule has 1 fully saturated rings. The number of piperazine rings is 1. The summed E-state index contributed by atoms with van der Waals surface area (Å²) in [6, 6.07) is -0.728. The summed E-state index contributed by atoms with van der Waals surface area (Å²) in [6.45, 7) is 2.60. The van der Waals surface area contributed by atoms with E-state index < -0.39 is 12.0 Å². The minimum Gasteiger partial charge on any atom is -0.469 e. The zero-order chi connectivity index (χ0) is 12.1. The lowest BCUT2D eigenvalue weighted by Gasteiger charge is -2.34. The van der Waals surface area contributed by atoms with E-state index in [9.17, 15) is 14.4 Å². The van der Waals surface area contributed by atoms with Gasteiger partial charge in [-0.15, -0.1) is 0 Å². The monoisotopic (exact) mass is 228 g/mol. The summed E-state index contributed by atoms with van der Waals surface area (Å²) in [5.41, 5.74) is 0. The minimum absolute atomic E-state index is 0.0892. The SMILES string of the molecule is CCC(=O)N1CCNC(=O)[C@H]1CC(=O)OC. The van der Waals surface area contributed by atoms with E-state index in [1.807, 2.05) is 0 Å². The van der Waals surface area contributed by atoms with Crippen molar-refractivity contribution in [3.8, 4) is 0 Å². The summed E-state index contributed by atoms with van der Waals surface area (Å²) in [5.74, 6) is -0.904. The fraction of sp³-hybridized carbons (Fsp3) is 0.700. The molecule has 1 atom stereocenters. The number of rotatable bonds is 3. The Bertz CT molecular complexity index is 303. The van der Waals surface area contributed by atoms with E-state index in [1.54, 1.807) is 6.92 Å². The molecule has 0 unspecified atom stereocenters. The number of nitrogens with zero attached hydrogens (tertiary/aromatic N) is 1. The molecule has 1 saturated heterocycles. The quantitative estimate of drug-likeness (QED) is 0.647. The zero-order valence-corrected chi connectivity index (χ0v) is 9.49. The molecule has 0 bridgehead atoms.